The predicted octanol–water partition coefficient (Wildman–Crippen LogP) is 1.21. The molecule has 1 N–H and O–H groups in total. The summed E-state index contributed by atoms with van der Waals surface area (Å²) in [6, 6.07) is -0.344. The van der Waals surface area contributed by atoms with Crippen LogP contribution < -0.4 is 5.32 Å². The van der Waals surface area contributed by atoms with E-state index in [9.17, 15) is 9.59 Å². The van der Waals surface area contributed by atoms with Crippen molar-refractivity contribution in [1.82, 2.24) is 15.1 Å². The summed E-state index contributed by atoms with van der Waals surface area (Å²) in [6.45, 7) is 9.48. The molecule has 2 amide bonds. The Morgan fingerprint density at radius 2 is 1.90 bits per heavy atom. The molecule has 2 saturated heterocycles. The Morgan fingerprint density at radius 1 is 1.24 bits per heavy atom. The third kappa shape index (κ3) is 3.87. The molecule has 2 rings (SSSR count). The summed E-state index contributed by atoms with van der Waals surface area (Å²) < 4.78 is 5.54. The number of hydrogen-bond donors (Lipinski definition) is 1. The minimum Gasteiger partial charge on any atom is -0.443 e. The molecule has 120 valence electrons. The van der Waals surface area contributed by atoms with Crippen LogP contribution in [0.5, 0.6) is 0 Å². The van der Waals surface area contributed by atoms with Crippen LogP contribution in [0.15, 0.2) is 0 Å². The Bertz CT molecular complexity index is 392. The van der Waals surface area contributed by atoms with E-state index in [0.717, 1.165) is 45.4 Å². The summed E-state index contributed by atoms with van der Waals surface area (Å²) >= 11 is 0. The van der Waals surface area contributed by atoms with Crippen molar-refractivity contribution in [1.29, 1.82) is 0 Å². The van der Waals surface area contributed by atoms with Gasteiger partial charge in [0, 0.05) is 32.7 Å². The lowest BCUT2D eigenvalue weighted by molar-refractivity contribution is -0.136. The lowest BCUT2D eigenvalue weighted by atomic mass is 10.1. The van der Waals surface area contributed by atoms with Crippen LogP contribution in [0, 0.1) is 0 Å². The maximum atomic E-state index is 12.6. The van der Waals surface area contributed by atoms with Crippen molar-refractivity contribution in [2.45, 2.75) is 51.7 Å². The molecular formula is C15H27N3O3. The molecule has 0 spiro atoms. The standard InChI is InChI=1S/C15H27N3O3/c1-4-15(2,3)21-14(20)18-9-5-6-12(18)13(19)17-10-7-16-8-11-17/h12,16H,4-11H2,1-3H3/t12-/m0/s1. The number of rotatable bonds is 3. The van der Waals surface area contributed by atoms with E-state index in [-0.39, 0.29) is 18.0 Å². The van der Waals surface area contributed by atoms with Gasteiger partial charge < -0.3 is 15.0 Å². The Labute approximate surface area is 126 Å². The molecule has 0 aromatic carbocycles. The van der Waals surface area contributed by atoms with E-state index >= 15 is 0 Å². The monoisotopic (exact) mass is 297 g/mol. The average molecular weight is 297 g/mol. The second-order valence-electron chi connectivity index (χ2n) is 6.41. The zero-order chi connectivity index (χ0) is 15.5. The minimum atomic E-state index is -0.484. The van der Waals surface area contributed by atoms with Crippen LogP contribution in [0.1, 0.15) is 40.0 Å². The van der Waals surface area contributed by atoms with Crippen molar-refractivity contribution >= 4 is 12.0 Å². The predicted molar refractivity (Wildman–Crippen MR) is 80.0 cm³/mol. The van der Waals surface area contributed by atoms with Gasteiger partial charge in [-0.2, -0.15) is 0 Å². The number of carbonyl (C=O) groups is 2. The second kappa shape index (κ2) is 6.64. The molecule has 0 bridgehead atoms. The van der Waals surface area contributed by atoms with Gasteiger partial charge in [0.15, 0.2) is 0 Å². The Balaban J connectivity index is 1.99. The van der Waals surface area contributed by atoms with Crippen molar-refractivity contribution in [3.8, 4) is 0 Å². The van der Waals surface area contributed by atoms with Gasteiger partial charge in [-0.1, -0.05) is 6.92 Å². The van der Waals surface area contributed by atoms with Crippen molar-refractivity contribution in [2.75, 3.05) is 32.7 Å². The largest absolute Gasteiger partial charge is 0.443 e. The van der Waals surface area contributed by atoms with Crippen molar-refractivity contribution in [3.63, 3.8) is 0 Å². The van der Waals surface area contributed by atoms with Gasteiger partial charge in [0.05, 0.1) is 0 Å². The van der Waals surface area contributed by atoms with E-state index in [4.69, 9.17) is 4.74 Å². The van der Waals surface area contributed by atoms with Gasteiger partial charge in [0.1, 0.15) is 11.6 Å². The number of nitrogens with zero attached hydrogens (tertiary/aromatic N) is 2. The van der Waals surface area contributed by atoms with Gasteiger partial charge in [0.25, 0.3) is 0 Å². The van der Waals surface area contributed by atoms with Crippen LogP contribution >= 0.6 is 0 Å². The lowest BCUT2D eigenvalue weighted by Crippen LogP contribution is -2.54. The van der Waals surface area contributed by atoms with Gasteiger partial charge in [-0.3, -0.25) is 9.69 Å². The highest BCUT2D eigenvalue weighted by molar-refractivity contribution is 5.86. The van der Waals surface area contributed by atoms with Gasteiger partial charge >= 0.3 is 6.09 Å². The SMILES string of the molecule is CCC(C)(C)OC(=O)N1CCC[C@H]1C(=O)N1CCNCC1. The summed E-state index contributed by atoms with van der Waals surface area (Å²) in [4.78, 5) is 28.4. The fraction of sp³-hybridized carbons (Fsp3) is 0.867. The molecule has 1 atom stereocenters. The van der Waals surface area contributed by atoms with Crippen molar-refractivity contribution in [3.05, 3.63) is 0 Å². The summed E-state index contributed by atoms with van der Waals surface area (Å²) in [5, 5.41) is 3.23. The quantitative estimate of drug-likeness (QED) is 0.850. The number of nitrogens with one attached hydrogen (secondary N) is 1. The molecule has 0 aliphatic carbocycles. The van der Waals surface area contributed by atoms with Crippen molar-refractivity contribution in [2.24, 2.45) is 0 Å². The van der Waals surface area contributed by atoms with Gasteiger partial charge in [-0.25, -0.2) is 4.79 Å². The van der Waals surface area contributed by atoms with E-state index in [2.05, 4.69) is 5.32 Å². The van der Waals surface area contributed by atoms with Crippen LogP contribution in [-0.2, 0) is 9.53 Å². The highest BCUT2D eigenvalue weighted by atomic mass is 16.6. The van der Waals surface area contributed by atoms with Crippen LogP contribution in [0.2, 0.25) is 0 Å². The zero-order valence-corrected chi connectivity index (χ0v) is 13.4. The smallest absolute Gasteiger partial charge is 0.410 e. The van der Waals surface area contributed by atoms with Crippen LogP contribution in [0.3, 0.4) is 0 Å². The number of carbonyl (C=O) groups excluding carboxylic acids is 2. The number of hydrogen-bond acceptors (Lipinski definition) is 4. The molecule has 21 heavy (non-hydrogen) atoms. The number of piperazine rings is 1. The number of amides is 2. The zero-order valence-electron chi connectivity index (χ0n) is 13.4. The molecule has 6 heteroatoms. The van der Waals surface area contributed by atoms with E-state index < -0.39 is 5.60 Å². The summed E-state index contributed by atoms with van der Waals surface area (Å²) in [6.07, 6.45) is 2.00. The molecule has 2 aliphatic rings. The first-order valence-corrected chi connectivity index (χ1v) is 7.94. The van der Waals surface area contributed by atoms with Crippen LogP contribution in [0.4, 0.5) is 4.79 Å². The van der Waals surface area contributed by atoms with E-state index in [0.29, 0.717) is 6.54 Å². The molecule has 0 saturated carbocycles. The third-order valence-corrected chi connectivity index (χ3v) is 4.42. The molecule has 0 aromatic heterocycles. The summed E-state index contributed by atoms with van der Waals surface area (Å²) in [7, 11) is 0. The highest BCUT2D eigenvalue weighted by Crippen LogP contribution is 2.23. The highest BCUT2D eigenvalue weighted by Gasteiger charge is 2.39. The maximum Gasteiger partial charge on any atom is 0.410 e. The lowest BCUT2D eigenvalue weighted by Gasteiger charge is -2.34. The number of likely N-dealkylation sites (tertiary alicyclic amines) is 1. The average Bonchev–Trinajstić information content (AvgIpc) is 2.96. The second-order valence-corrected chi connectivity index (χ2v) is 6.41. The topological polar surface area (TPSA) is 61.9 Å². The fourth-order valence-corrected chi connectivity index (χ4v) is 2.71. The maximum absolute atomic E-state index is 12.6. The molecule has 0 unspecified atom stereocenters. The van der Waals surface area contributed by atoms with Crippen LogP contribution in [0.25, 0.3) is 0 Å². The molecule has 2 heterocycles. The first-order chi connectivity index (χ1) is 9.94. The molecule has 2 aliphatic heterocycles. The molecule has 0 aromatic rings. The Kier molecular flexibility index (Phi) is 5.08. The molecular weight excluding hydrogens is 270 g/mol. The number of ether oxygens (including phenoxy) is 1. The van der Waals surface area contributed by atoms with Gasteiger partial charge in [0.2, 0.25) is 5.91 Å². The van der Waals surface area contributed by atoms with Crippen molar-refractivity contribution < 1.29 is 14.3 Å². The fourth-order valence-electron chi connectivity index (χ4n) is 2.71. The normalized spacial score (nSPS) is 23.3. The van der Waals surface area contributed by atoms with E-state index in [1.165, 1.54) is 0 Å². The Hall–Kier alpha value is -1.30. The van der Waals surface area contributed by atoms with Gasteiger partial charge in [-0.15, -0.1) is 0 Å². The molecule has 6 nitrogen and oxygen atoms in total. The molecule has 2 fully saturated rings. The van der Waals surface area contributed by atoms with E-state index in [1.54, 1.807) is 4.90 Å². The Morgan fingerprint density at radius 3 is 2.52 bits per heavy atom. The van der Waals surface area contributed by atoms with Gasteiger partial charge in [-0.05, 0) is 33.1 Å². The first kappa shape index (κ1) is 16.1. The van der Waals surface area contributed by atoms with E-state index in [1.807, 2.05) is 25.7 Å². The third-order valence-electron chi connectivity index (χ3n) is 4.42. The minimum absolute atomic E-state index is 0.0697. The van der Waals surface area contributed by atoms with Crippen LogP contribution in [-0.4, -0.2) is 66.2 Å². The summed E-state index contributed by atoms with van der Waals surface area (Å²) in [5.74, 6) is 0.0697. The molecule has 0 radical (unpaired) electrons. The summed E-state index contributed by atoms with van der Waals surface area (Å²) in [5.41, 5.74) is -0.484. The first-order valence-electron chi connectivity index (χ1n) is 7.94.